The molecule has 0 unspecified atom stereocenters. The maximum Gasteiger partial charge on any atom is 0.341 e. The molecule has 0 aliphatic rings. The fourth-order valence-corrected chi connectivity index (χ4v) is 4.06. The predicted molar refractivity (Wildman–Crippen MR) is 113 cm³/mol. The lowest BCUT2D eigenvalue weighted by atomic mass is 10.1. The first kappa shape index (κ1) is 23.0. The fraction of sp³-hybridized carbons (Fsp3) is 0.350. The van der Waals surface area contributed by atoms with E-state index >= 15 is 0 Å². The SMILES string of the molecule is CCOC(=O)c1c(NC(=O)c2ccccc2[N+](=O)[O-])sc(C(=O)N(CC)CC)c1C. The van der Waals surface area contributed by atoms with Gasteiger partial charge in [-0.05, 0) is 39.3 Å². The first-order valence-electron chi connectivity index (χ1n) is 9.41. The number of amides is 2. The Morgan fingerprint density at radius 3 is 2.37 bits per heavy atom. The molecule has 0 aliphatic carbocycles. The van der Waals surface area contributed by atoms with Crippen LogP contribution in [0, 0.1) is 17.0 Å². The van der Waals surface area contributed by atoms with Crippen molar-refractivity contribution in [2.24, 2.45) is 0 Å². The molecule has 2 aromatic rings. The number of nitro groups is 1. The summed E-state index contributed by atoms with van der Waals surface area (Å²) in [5, 5.41) is 13.9. The molecule has 30 heavy (non-hydrogen) atoms. The molecule has 1 aromatic heterocycles. The number of nitro benzene ring substituents is 1. The van der Waals surface area contributed by atoms with Gasteiger partial charge in [0.05, 0.1) is 22.0 Å². The predicted octanol–water partition coefficient (Wildman–Crippen LogP) is 3.88. The highest BCUT2D eigenvalue weighted by Crippen LogP contribution is 2.35. The molecule has 0 saturated carbocycles. The van der Waals surface area contributed by atoms with Gasteiger partial charge in [-0.2, -0.15) is 0 Å². The van der Waals surface area contributed by atoms with Crippen molar-refractivity contribution in [3.63, 3.8) is 0 Å². The zero-order chi connectivity index (χ0) is 22.4. The van der Waals surface area contributed by atoms with Crippen molar-refractivity contribution in [2.45, 2.75) is 27.7 Å². The molecule has 1 heterocycles. The van der Waals surface area contributed by atoms with Crippen LogP contribution in [0.4, 0.5) is 10.7 Å². The van der Waals surface area contributed by atoms with Crippen LogP contribution in [-0.4, -0.2) is 47.3 Å². The maximum atomic E-state index is 12.9. The minimum Gasteiger partial charge on any atom is -0.462 e. The largest absolute Gasteiger partial charge is 0.462 e. The van der Waals surface area contributed by atoms with Gasteiger partial charge in [-0.25, -0.2) is 4.79 Å². The van der Waals surface area contributed by atoms with Gasteiger partial charge in [0.1, 0.15) is 10.6 Å². The number of hydrogen-bond donors (Lipinski definition) is 1. The van der Waals surface area contributed by atoms with E-state index in [0.717, 1.165) is 11.3 Å². The van der Waals surface area contributed by atoms with Crippen molar-refractivity contribution in [3.05, 3.63) is 55.9 Å². The summed E-state index contributed by atoms with van der Waals surface area (Å²) < 4.78 is 5.09. The number of nitrogens with one attached hydrogen (secondary N) is 1. The smallest absolute Gasteiger partial charge is 0.341 e. The monoisotopic (exact) mass is 433 g/mol. The molecule has 10 heteroatoms. The Morgan fingerprint density at radius 1 is 1.17 bits per heavy atom. The summed E-state index contributed by atoms with van der Waals surface area (Å²) in [6.45, 7) is 8.03. The first-order chi connectivity index (χ1) is 14.3. The van der Waals surface area contributed by atoms with Crippen molar-refractivity contribution in [1.29, 1.82) is 0 Å². The summed E-state index contributed by atoms with van der Waals surface area (Å²) in [5.74, 6) is -1.70. The number of carbonyl (C=O) groups excluding carboxylic acids is 3. The maximum absolute atomic E-state index is 12.9. The summed E-state index contributed by atoms with van der Waals surface area (Å²) in [7, 11) is 0. The third-order valence-corrected chi connectivity index (χ3v) is 5.64. The van der Waals surface area contributed by atoms with E-state index in [2.05, 4.69) is 5.32 Å². The summed E-state index contributed by atoms with van der Waals surface area (Å²) >= 11 is 0.951. The summed E-state index contributed by atoms with van der Waals surface area (Å²) in [5.41, 5.74) is -0.0436. The average molecular weight is 433 g/mol. The number of benzene rings is 1. The summed E-state index contributed by atoms with van der Waals surface area (Å²) in [4.78, 5) is 50.6. The van der Waals surface area contributed by atoms with Crippen LogP contribution >= 0.6 is 11.3 Å². The zero-order valence-corrected chi connectivity index (χ0v) is 18.0. The minimum atomic E-state index is -0.754. The second-order valence-electron chi connectivity index (χ2n) is 6.19. The van der Waals surface area contributed by atoms with Gasteiger partial charge >= 0.3 is 5.97 Å². The molecule has 0 aliphatic heterocycles. The normalized spacial score (nSPS) is 10.4. The number of hydrogen-bond acceptors (Lipinski definition) is 7. The van der Waals surface area contributed by atoms with E-state index in [1.807, 2.05) is 13.8 Å². The van der Waals surface area contributed by atoms with Crippen LogP contribution in [0.2, 0.25) is 0 Å². The van der Waals surface area contributed by atoms with Gasteiger partial charge in [0.25, 0.3) is 17.5 Å². The molecular weight excluding hydrogens is 410 g/mol. The van der Waals surface area contributed by atoms with E-state index in [0.29, 0.717) is 23.5 Å². The summed E-state index contributed by atoms with van der Waals surface area (Å²) in [6.07, 6.45) is 0. The molecule has 2 amide bonds. The number of para-hydroxylation sites is 1. The van der Waals surface area contributed by atoms with E-state index in [-0.39, 0.29) is 34.3 Å². The van der Waals surface area contributed by atoms with Gasteiger partial charge in [0.15, 0.2) is 0 Å². The Kier molecular flexibility index (Phi) is 7.65. The van der Waals surface area contributed by atoms with Gasteiger partial charge in [-0.1, -0.05) is 12.1 Å². The lowest BCUT2D eigenvalue weighted by Gasteiger charge is -2.18. The molecule has 0 atom stereocenters. The number of ether oxygens (including phenoxy) is 1. The number of nitrogens with zero attached hydrogens (tertiary/aromatic N) is 2. The van der Waals surface area contributed by atoms with Crippen LogP contribution < -0.4 is 5.32 Å². The van der Waals surface area contributed by atoms with Crippen LogP contribution in [0.5, 0.6) is 0 Å². The Balaban J connectivity index is 2.52. The molecule has 1 aromatic carbocycles. The lowest BCUT2D eigenvalue weighted by Crippen LogP contribution is -2.30. The standard InChI is InChI=1S/C20H23N3O6S/c1-5-22(6-2)19(25)16-12(4)15(20(26)29-7-3)18(30-16)21-17(24)13-10-8-9-11-14(13)23(27)28/h8-11H,5-7H2,1-4H3,(H,21,24). The number of rotatable bonds is 8. The van der Waals surface area contributed by atoms with Crippen molar-refractivity contribution in [1.82, 2.24) is 4.90 Å². The third-order valence-electron chi connectivity index (χ3n) is 4.44. The van der Waals surface area contributed by atoms with Crippen molar-refractivity contribution >= 4 is 39.8 Å². The van der Waals surface area contributed by atoms with E-state index in [1.54, 1.807) is 18.7 Å². The highest BCUT2D eigenvalue weighted by molar-refractivity contribution is 7.18. The average Bonchev–Trinajstić information content (AvgIpc) is 3.04. The van der Waals surface area contributed by atoms with Gasteiger partial charge < -0.3 is 15.0 Å². The molecule has 0 saturated heterocycles. The van der Waals surface area contributed by atoms with E-state index in [4.69, 9.17) is 4.74 Å². The highest BCUT2D eigenvalue weighted by Gasteiger charge is 2.29. The van der Waals surface area contributed by atoms with Gasteiger partial charge in [0.2, 0.25) is 0 Å². The molecular formula is C20H23N3O6S. The van der Waals surface area contributed by atoms with Crippen LogP contribution in [-0.2, 0) is 4.74 Å². The van der Waals surface area contributed by atoms with Gasteiger partial charge in [0, 0.05) is 19.2 Å². The van der Waals surface area contributed by atoms with Gasteiger partial charge in [-0.3, -0.25) is 19.7 Å². The Morgan fingerprint density at radius 2 is 1.80 bits per heavy atom. The van der Waals surface area contributed by atoms with Crippen molar-refractivity contribution < 1.29 is 24.0 Å². The minimum absolute atomic E-state index is 0.0734. The number of thiophene rings is 1. The fourth-order valence-electron chi connectivity index (χ4n) is 2.90. The zero-order valence-electron chi connectivity index (χ0n) is 17.2. The van der Waals surface area contributed by atoms with E-state index in [9.17, 15) is 24.5 Å². The second kappa shape index (κ2) is 9.97. The molecule has 0 bridgehead atoms. The quantitative estimate of drug-likeness (QED) is 0.383. The molecule has 0 spiro atoms. The molecule has 0 fully saturated rings. The molecule has 9 nitrogen and oxygen atoms in total. The van der Waals surface area contributed by atoms with Crippen LogP contribution in [0.25, 0.3) is 0 Å². The van der Waals surface area contributed by atoms with Gasteiger partial charge in [-0.15, -0.1) is 11.3 Å². The van der Waals surface area contributed by atoms with Crippen LogP contribution in [0.3, 0.4) is 0 Å². The van der Waals surface area contributed by atoms with Crippen LogP contribution in [0.15, 0.2) is 24.3 Å². The van der Waals surface area contributed by atoms with E-state index in [1.165, 1.54) is 24.3 Å². The Labute approximate surface area is 177 Å². The topological polar surface area (TPSA) is 119 Å². The van der Waals surface area contributed by atoms with Crippen molar-refractivity contribution in [3.8, 4) is 0 Å². The third kappa shape index (κ3) is 4.65. The molecule has 1 N–H and O–H groups in total. The Bertz CT molecular complexity index is 981. The van der Waals surface area contributed by atoms with E-state index < -0.39 is 16.8 Å². The van der Waals surface area contributed by atoms with Crippen molar-refractivity contribution in [2.75, 3.05) is 25.0 Å². The lowest BCUT2D eigenvalue weighted by molar-refractivity contribution is -0.385. The van der Waals surface area contributed by atoms with Crippen LogP contribution in [0.1, 0.15) is 56.7 Å². The highest BCUT2D eigenvalue weighted by atomic mass is 32.1. The Hall–Kier alpha value is -3.27. The number of anilines is 1. The summed E-state index contributed by atoms with van der Waals surface area (Å²) in [6, 6.07) is 5.49. The number of carbonyl (C=O) groups is 3. The second-order valence-corrected chi connectivity index (χ2v) is 7.21. The first-order valence-corrected chi connectivity index (χ1v) is 10.2. The molecule has 160 valence electrons. The number of esters is 1. The molecule has 0 radical (unpaired) electrons. The molecule has 2 rings (SSSR count).